The topological polar surface area (TPSA) is 103 Å². The monoisotopic (exact) mass is 245 g/mol. The highest BCUT2D eigenvalue weighted by Crippen LogP contribution is 2.20. The zero-order valence-electron chi connectivity index (χ0n) is 9.62. The Hall–Kier alpha value is -2.70. The molecule has 0 aliphatic heterocycles. The Balaban J connectivity index is 2.35. The Morgan fingerprint density at radius 3 is 2.72 bits per heavy atom. The zero-order chi connectivity index (χ0) is 13.0. The SMILES string of the molecule is COC(=O)c1cc(N)cnc1Nc1cncnc1. The number of ether oxygens (including phenoxy) is 1. The average molecular weight is 245 g/mol. The van der Waals surface area contributed by atoms with Crippen molar-refractivity contribution in [2.75, 3.05) is 18.2 Å². The summed E-state index contributed by atoms with van der Waals surface area (Å²) in [4.78, 5) is 23.3. The minimum atomic E-state index is -0.519. The highest BCUT2D eigenvalue weighted by atomic mass is 16.5. The second kappa shape index (κ2) is 5.09. The maximum Gasteiger partial charge on any atom is 0.341 e. The number of esters is 1. The van der Waals surface area contributed by atoms with Crippen LogP contribution in [0.3, 0.4) is 0 Å². The van der Waals surface area contributed by atoms with Gasteiger partial charge in [0.1, 0.15) is 17.7 Å². The fourth-order valence-corrected chi connectivity index (χ4v) is 1.35. The molecule has 0 radical (unpaired) electrons. The second-order valence-corrected chi connectivity index (χ2v) is 3.41. The number of carbonyl (C=O) groups is 1. The van der Waals surface area contributed by atoms with Crippen molar-refractivity contribution in [3.8, 4) is 0 Å². The van der Waals surface area contributed by atoms with Gasteiger partial charge in [-0.3, -0.25) is 0 Å². The van der Waals surface area contributed by atoms with E-state index in [-0.39, 0.29) is 5.56 Å². The van der Waals surface area contributed by atoms with E-state index < -0.39 is 5.97 Å². The minimum absolute atomic E-state index is 0.251. The van der Waals surface area contributed by atoms with Crippen molar-refractivity contribution < 1.29 is 9.53 Å². The molecule has 0 unspecified atom stereocenters. The summed E-state index contributed by atoms with van der Waals surface area (Å²) in [5.41, 5.74) is 6.83. The first-order valence-electron chi connectivity index (χ1n) is 5.06. The van der Waals surface area contributed by atoms with Crippen LogP contribution >= 0.6 is 0 Å². The number of nitrogen functional groups attached to an aromatic ring is 1. The fourth-order valence-electron chi connectivity index (χ4n) is 1.35. The van der Waals surface area contributed by atoms with Gasteiger partial charge in [0.25, 0.3) is 0 Å². The quantitative estimate of drug-likeness (QED) is 0.777. The van der Waals surface area contributed by atoms with Crippen molar-refractivity contribution in [2.24, 2.45) is 0 Å². The van der Waals surface area contributed by atoms with E-state index in [0.717, 1.165) is 0 Å². The molecule has 18 heavy (non-hydrogen) atoms. The number of methoxy groups -OCH3 is 1. The molecule has 0 saturated carbocycles. The van der Waals surface area contributed by atoms with Crippen LogP contribution < -0.4 is 11.1 Å². The number of pyridine rings is 1. The van der Waals surface area contributed by atoms with Gasteiger partial charge < -0.3 is 15.8 Å². The third kappa shape index (κ3) is 2.51. The first kappa shape index (κ1) is 11.8. The smallest absolute Gasteiger partial charge is 0.341 e. The first-order valence-corrected chi connectivity index (χ1v) is 5.06. The van der Waals surface area contributed by atoms with E-state index in [2.05, 4.69) is 25.0 Å². The van der Waals surface area contributed by atoms with E-state index in [9.17, 15) is 4.79 Å². The molecule has 2 heterocycles. The summed E-state index contributed by atoms with van der Waals surface area (Å²) in [6, 6.07) is 1.49. The van der Waals surface area contributed by atoms with E-state index in [4.69, 9.17) is 5.73 Å². The van der Waals surface area contributed by atoms with Crippen LogP contribution in [-0.2, 0) is 4.74 Å². The summed E-state index contributed by atoms with van der Waals surface area (Å²) in [5, 5.41) is 2.92. The number of nitrogens with one attached hydrogen (secondary N) is 1. The van der Waals surface area contributed by atoms with Crippen LogP contribution in [-0.4, -0.2) is 28.0 Å². The predicted molar refractivity (Wildman–Crippen MR) is 65.3 cm³/mol. The van der Waals surface area contributed by atoms with Gasteiger partial charge in [-0.1, -0.05) is 0 Å². The summed E-state index contributed by atoms with van der Waals surface area (Å²) in [5.74, 6) is -0.181. The Kier molecular flexibility index (Phi) is 3.33. The normalized spacial score (nSPS) is 9.83. The summed E-state index contributed by atoms with van der Waals surface area (Å²) in [6.45, 7) is 0. The molecule has 2 aromatic heterocycles. The standard InChI is InChI=1S/C11H11N5O2/c1-18-11(17)9-2-7(12)3-15-10(9)16-8-4-13-6-14-5-8/h2-6H,12H2,1H3,(H,15,16). The first-order chi connectivity index (χ1) is 8.70. The van der Waals surface area contributed by atoms with Gasteiger partial charge in [0.15, 0.2) is 0 Å². The van der Waals surface area contributed by atoms with E-state index in [1.807, 2.05) is 0 Å². The molecular weight excluding hydrogens is 234 g/mol. The number of carbonyl (C=O) groups excluding carboxylic acids is 1. The number of hydrogen-bond acceptors (Lipinski definition) is 7. The van der Waals surface area contributed by atoms with Crippen molar-refractivity contribution in [2.45, 2.75) is 0 Å². The van der Waals surface area contributed by atoms with Crippen LogP contribution in [0.5, 0.6) is 0 Å². The van der Waals surface area contributed by atoms with Gasteiger partial charge in [-0.25, -0.2) is 19.7 Å². The molecule has 0 fully saturated rings. The molecule has 92 valence electrons. The largest absolute Gasteiger partial charge is 0.465 e. The number of anilines is 3. The molecule has 0 aromatic carbocycles. The second-order valence-electron chi connectivity index (χ2n) is 3.41. The molecule has 7 nitrogen and oxygen atoms in total. The van der Waals surface area contributed by atoms with Crippen LogP contribution in [0.15, 0.2) is 31.0 Å². The van der Waals surface area contributed by atoms with Gasteiger partial charge in [-0.05, 0) is 6.07 Å². The van der Waals surface area contributed by atoms with Crippen molar-refractivity contribution in [1.82, 2.24) is 15.0 Å². The molecule has 0 atom stereocenters. The molecule has 0 amide bonds. The maximum atomic E-state index is 11.6. The Morgan fingerprint density at radius 1 is 1.33 bits per heavy atom. The number of aromatic nitrogens is 3. The van der Waals surface area contributed by atoms with Crippen LogP contribution in [0.4, 0.5) is 17.2 Å². The Labute approximate surface area is 103 Å². The lowest BCUT2D eigenvalue weighted by Gasteiger charge is -2.09. The van der Waals surface area contributed by atoms with Gasteiger partial charge in [0.2, 0.25) is 0 Å². The third-order valence-electron chi connectivity index (χ3n) is 2.14. The van der Waals surface area contributed by atoms with Crippen LogP contribution in [0.2, 0.25) is 0 Å². The lowest BCUT2D eigenvalue weighted by molar-refractivity contribution is 0.0601. The lowest BCUT2D eigenvalue weighted by Crippen LogP contribution is -2.08. The molecule has 0 aliphatic carbocycles. The summed E-state index contributed by atoms with van der Waals surface area (Å²) in [6.07, 6.45) is 5.97. The lowest BCUT2D eigenvalue weighted by atomic mass is 10.2. The molecule has 0 saturated heterocycles. The molecule has 7 heteroatoms. The van der Waals surface area contributed by atoms with Crippen LogP contribution in [0.1, 0.15) is 10.4 Å². The van der Waals surface area contributed by atoms with E-state index in [0.29, 0.717) is 17.2 Å². The highest BCUT2D eigenvalue weighted by molar-refractivity contribution is 5.96. The number of nitrogens with two attached hydrogens (primary N) is 1. The van der Waals surface area contributed by atoms with Gasteiger partial charge in [0, 0.05) is 0 Å². The van der Waals surface area contributed by atoms with Crippen molar-refractivity contribution >= 4 is 23.2 Å². The molecule has 0 bridgehead atoms. The summed E-state index contributed by atoms with van der Waals surface area (Å²) in [7, 11) is 1.29. The highest BCUT2D eigenvalue weighted by Gasteiger charge is 2.14. The summed E-state index contributed by atoms with van der Waals surface area (Å²) >= 11 is 0. The van der Waals surface area contributed by atoms with Crippen molar-refractivity contribution in [3.05, 3.63) is 36.5 Å². The molecule has 0 aliphatic rings. The third-order valence-corrected chi connectivity index (χ3v) is 2.14. The van der Waals surface area contributed by atoms with Gasteiger partial charge in [0.05, 0.1) is 37.1 Å². The van der Waals surface area contributed by atoms with Gasteiger partial charge in [-0.15, -0.1) is 0 Å². The fraction of sp³-hybridized carbons (Fsp3) is 0.0909. The minimum Gasteiger partial charge on any atom is -0.465 e. The maximum absolute atomic E-state index is 11.6. The zero-order valence-corrected chi connectivity index (χ0v) is 9.62. The molecule has 2 aromatic rings. The Morgan fingerprint density at radius 2 is 2.06 bits per heavy atom. The molecule has 0 spiro atoms. The number of hydrogen-bond donors (Lipinski definition) is 2. The van der Waals surface area contributed by atoms with Crippen molar-refractivity contribution in [1.29, 1.82) is 0 Å². The van der Waals surface area contributed by atoms with Crippen molar-refractivity contribution in [3.63, 3.8) is 0 Å². The number of nitrogens with zero attached hydrogens (tertiary/aromatic N) is 3. The van der Waals surface area contributed by atoms with E-state index >= 15 is 0 Å². The summed E-state index contributed by atoms with van der Waals surface area (Å²) < 4.78 is 4.66. The predicted octanol–water partition coefficient (Wildman–Crippen LogP) is 0.984. The molecule has 2 rings (SSSR count). The van der Waals surface area contributed by atoms with Crippen LogP contribution in [0.25, 0.3) is 0 Å². The number of rotatable bonds is 3. The van der Waals surface area contributed by atoms with E-state index in [1.54, 1.807) is 12.4 Å². The average Bonchev–Trinajstić information content (AvgIpc) is 2.41. The van der Waals surface area contributed by atoms with Gasteiger partial charge >= 0.3 is 5.97 Å². The van der Waals surface area contributed by atoms with E-state index in [1.165, 1.54) is 25.7 Å². The molecular formula is C11H11N5O2. The molecule has 3 N–H and O–H groups in total. The van der Waals surface area contributed by atoms with Crippen LogP contribution in [0, 0.1) is 0 Å². The Bertz CT molecular complexity index is 559. The van der Waals surface area contributed by atoms with Gasteiger partial charge in [-0.2, -0.15) is 0 Å².